The first-order valence-corrected chi connectivity index (χ1v) is 11.8. The van der Waals surface area contributed by atoms with Crippen molar-refractivity contribution in [2.75, 3.05) is 6.54 Å². The SMILES string of the molecule is CC(C)CNC(=O)[C@@H](Cc1ccccc1)N(Cc1ccc(F)cc1)C(=O)Cc1ccccc1[N+](=O)[O-]. The number of nitrogens with one attached hydrogen (secondary N) is 1. The van der Waals surface area contributed by atoms with Crippen molar-refractivity contribution >= 4 is 17.5 Å². The van der Waals surface area contributed by atoms with Crippen LogP contribution in [0, 0.1) is 21.8 Å². The van der Waals surface area contributed by atoms with Crippen LogP contribution >= 0.6 is 0 Å². The van der Waals surface area contributed by atoms with Gasteiger partial charge in [0.1, 0.15) is 11.9 Å². The first kappa shape index (κ1) is 26.5. The minimum atomic E-state index is -0.869. The van der Waals surface area contributed by atoms with Crippen LogP contribution in [0.15, 0.2) is 78.9 Å². The van der Waals surface area contributed by atoms with Gasteiger partial charge in [0.25, 0.3) is 5.69 Å². The quantitative estimate of drug-likeness (QED) is 0.311. The van der Waals surface area contributed by atoms with E-state index in [-0.39, 0.29) is 42.5 Å². The third kappa shape index (κ3) is 7.46. The molecule has 188 valence electrons. The van der Waals surface area contributed by atoms with Crippen LogP contribution in [0.1, 0.15) is 30.5 Å². The van der Waals surface area contributed by atoms with Crippen molar-refractivity contribution in [3.63, 3.8) is 0 Å². The van der Waals surface area contributed by atoms with E-state index in [9.17, 15) is 24.1 Å². The molecule has 2 amide bonds. The van der Waals surface area contributed by atoms with Gasteiger partial charge < -0.3 is 10.2 Å². The predicted octanol–water partition coefficient (Wildman–Crippen LogP) is 4.69. The minimum absolute atomic E-state index is 0.0480. The highest BCUT2D eigenvalue weighted by atomic mass is 19.1. The summed E-state index contributed by atoms with van der Waals surface area (Å²) in [6.45, 7) is 4.43. The number of benzene rings is 3. The molecule has 0 aliphatic carbocycles. The second kappa shape index (κ2) is 12.6. The van der Waals surface area contributed by atoms with Crippen molar-refractivity contribution in [1.29, 1.82) is 0 Å². The van der Waals surface area contributed by atoms with Gasteiger partial charge in [0.2, 0.25) is 11.8 Å². The van der Waals surface area contributed by atoms with Gasteiger partial charge >= 0.3 is 0 Å². The highest BCUT2D eigenvalue weighted by Gasteiger charge is 2.31. The molecule has 3 rings (SSSR count). The smallest absolute Gasteiger partial charge is 0.273 e. The Bertz CT molecular complexity index is 1180. The summed E-state index contributed by atoms with van der Waals surface area (Å²) < 4.78 is 13.5. The number of nitrogens with zero attached hydrogens (tertiary/aromatic N) is 2. The van der Waals surface area contributed by atoms with Crippen molar-refractivity contribution in [3.05, 3.63) is 111 Å². The van der Waals surface area contributed by atoms with Crippen LogP contribution in [0.25, 0.3) is 0 Å². The largest absolute Gasteiger partial charge is 0.354 e. The molecule has 1 atom stereocenters. The van der Waals surface area contributed by atoms with Crippen molar-refractivity contribution in [2.45, 2.75) is 39.3 Å². The van der Waals surface area contributed by atoms with E-state index in [0.717, 1.165) is 5.56 Å². The molecule has 3 aromatic carbocycles. The summed E-state index contributed by atoms with van der Waals surface area (Å²) >= 11 is 0. The van der Waals surface area contributed by atoms with Crippen LogP contribution in [-0.4, -0.2) is 34.2 Å². The highest BCUT2D eigenvalue weighted by Crippen LogP contribution is 2.22. The average molecular weight is 492 g/mol. The molecule has 0 bridgehead atoms. The lowest BCUT2D eigenvalue weighted by atomic mass is 10.0. The number of carbonyl (C=O) groups excluding carboxylic acids is 2. The molecule has 0 heterocycles. The molecule has 0 saturated carbocycles. The monoisotopic (exact) mass is 491 g/mol. The Labute approximate surface area is 210 Å². The Morgan fingerprint density at radius 1 is 0.944 bits per heavy atom. The molecule has 0 saturated heterocycles. The molecule has 8 heteroatoms. The van der Waals surface area contributed by atoms with Crippen molar-refractivity contribution in [2.24, 2.45) is 5.92 Å². The van der Waals surface area contributed by atoms with E-state index < -0.39 is 22.7 Å². The van der Waals surface area contributed by atoms with Gasteiger partial charge in [-0.2, -0.15) is 0 Å². The van der Waals surface area contributed by atoms with Gasteiger partial charge in [-0.05, 0) is 29.2 Å². The van der Waals surface area contributed by atoms with Crippen LogP contribution in [0.3, 0.4) is 0 Å². The van der Waals surface area contributed by atoms with Crippen molar-refractivity contribution in [3.8, 4) is 0 Å². The molecule has 1 N–H and O–H groups in total. The van der Waals surface area contributed by atoms with Gasteiger partial charge in [0.15, 0.2) is 0 Å². The van der Waals surface area contributed by atoms with Crippen LogP contribution in [0.4, 0.5) is 10.1 Å². The Kier molecular flexibility index (Phi) is 9.27. The molecule has 0 spiro atoms. The van der Waals surface area contributed by atoms with Crippen LogP contribution < -0.4 is 5.32 Å². The molecule has 0 aliphatic rings. The standard InChI is InChI=1S/C28H30FN3O4/c1-20(2)18-30-28(34)26(16-21-8-4-3-5-9-21)31(19-22-12-14-24(29)15-13-22)27(33)17-23-10-6-7-11-25(23)32(35)36/h3-15,20,26H,16-19H2,1-2H3,(H,30,34)/t26-/m1/s1. The topological polar surface area (TPSA) is 92.6 Å². The molecule has 0 unspecified atom stereocenters. The molecular formula is C28H30FN3O4. The zero-order chi connectivity index (χ0) is 26.1. The Hall–Kier alpha value is -4.07. The zero-order valence-corrected chi connectivity index (χ0v) is 20.4. The summed E-state index contributed by atoms with van der Waals surface area (Å²) in [5.41, 5.74) is 1.61. The summed E-state index contributed by atoms with van der Waals surface area (Å²) in [6, 6.07) is 20.3. The van der Waals surface area contributed by atoms with Gasteiger partial charge in [-0.3, -0.25) is 19.7 Å². The first-order valence-electron chi connectivity index (χ1n) is 11.8. The van der Waals surface area contributed by atoms with E-state index in [4.69, 9.17) is 0 Å². The van der Waals surface area contributed by atoms with E-state index in [0.29, 0.717) is 12.1 Å². The number of carbonyl (C=O) groups is 2. The number of amides is 2. The lowest BCUT2D eigenvalue weighted by molar-refractivity contribution is -0.385. The van der Waals surface area contributed by atoms with E-state index in [1.807, 2.05) is 44.2 Å². The van der Waals surface area contributed by atoms with E-state index in [1.165, 1.54) is 29.2 Å². The maximum absolute atomic E-state index is 13.7. The number of rotatable bonds is 11. The van der Waals surface area contributed by atoms with Crippen LogP contribution in [0.5, 0.6) is 0 Å². The lowest BCUT2D eigenvalue weighted by Crippen LogP contribution is -2.51. The molecule has 7 nitrogen and oxygen atoms in total. The Morgan fingerprint density at radius 3 is 2.22 bits per heavy atom. The third-order valence-electron chi connectivity index (χ3n) is 5.75. The minimum Gasteiger partial charge on any atom is -0.354 e. The summed E-state index contributed by atoms with van der Waals surface area (Å²) in [4.78, 5) is 39.5. The van der Waals surface area contributed by atoms with E-state index >= 15 is 0 Å². The predicted molar refractivity (Wildman–Crippen MR) is 136 cm³/mol. The van der Waals surface area contributed by atoms with Crippen molar-refractivity contribution < 1.29 is 18.9 Å². The van der Waals surface area contributed by atoms with Gasteiger partial charge in [0, 0.05) is 31.1 Å². The molecule has 0 aliphatic heterocycles. The summed E-state index contributed by atoms with van der Waals surface area (Å²) in [5, 5.41) is 14.4. The summed E-state index contributed by atoms with van der Waals surface area (Å²) in [5.74, 6) is -0.952. The number of hydrogen-bond donors (Lipinski definition) is 1. The molecule has 36 heavy (non-hydrogen) atoms. The highest BCUT2D eigenvalue weighted by molar-refractivity contribution is 5.89. The number of nitro groups is 1. The molecule has 0 fully saturated rings. The second-order valence-corrected chi connectivity index (χ2v) is 9.06. The maximum Gasteiger partial charge on any atom is 0.273 e. The summed E-state index contributed by atoms with van der Waals surface area (Å²) in [7, 11) is 0. The number of halogens is 1. The fourth-order valence-electron chi connectivity index (χ4n) is 3.87. The molecular weight excluding hydrogens is 461 g/mol. The van der Waals surface area contributed by atoms with Crippen molar-refractivity contribution in [1.82, 2.24) is 10.2 Å². The fourth-order valence-corrected chi connectivity index (χ4v) is 3.87. The Morgan fingerprint density at radius 2 is 1.58 bits per heavy atom. The third-order valence-corrected chi connectivity index (χ3v) is 5.75. The van der Waals surface area contributed by atoms with E-state index in [2.05, 4.69) is 5.32 Å². The van der Waals surface area contributed by atoms with Crippen LogP contribution in [-0.2, 0) is 29.0 Å². The number of nitro benzene ring substituents is 1. The first-order chi connectivity index (χ1) is 17.2. The van der Waals surface area contributed by atoms with Crippen LogP contribution in [0.2, 0.25) is 0 Å². The summed E-state index contributed by atoms with van der Waals surface area (Å²) in [6.07, 6.45) is 0.00961. The van der Waals surface area contributed by atoms with Gasteiger partial charge in [0.05, 0.1) is 11.3 Å². The Balaban J connectivity index is 1.99. The molecule has 3 aromatic rings. The number of hydrogen-bond acceptors (Lipinski definition) is 4. The maximum atomic E-state index is 13.7. The van der Waals surface area contributed by atoms with Gasteiger partial charge in [-0.25, -0.2) is 4.39 Å². The lowest BCUT2D eigenvalue weighted by Gasteiger charge is -2.32. The number of para-hydroxylation sites is 1. The molecule has 0 aromatic heterocycles. The zero-order valence-electron chi connectivity index (χ0n) is 20.4. The van der Waals surface area contributed by atoms with E-state index in [1.54, 1.807) is 24.3 Å². The molecule has 0 radical (unpaired) electrons. The fraction of sp³-hybridized carbons (Fsp3) is 0.286. The second-order valence-electron chi connectivity index (χ2n) is 9.06. The normalized spacial score (nSPS) is 11.7. The average Bonchev–Trinajstić information content (AvgIpc) is 2.86. The van der Waals surface area contributed by atoms with Gasteiger partial charge in [-0.1, -0.05) is 74.5 Å². The van der Waals surface area contributed by atoms with Gasteiger partial charge in [-0.15, -0.1) is 0 Å².